The lowest BCUT2D eigenvalue weighted by Crippen LogP contribution is -2.10. The van der Waals surface area contributed by atoms with Gasteiger partial charge in [0, 0.05) is 17.1 Å². The molecule has 0 unspecified atom stereocenters. The third kappa shape index (κ3) is 5.83. The average Bonchev–Trinajstić information content (AvgIpc) is 3.23. The van der Waals surface area contributed by atoms with E-state index in [1.165, 1.54) is 4.90 Å². The van der Waals surface area contributed by atoms with Gasteiger partial charge >= 0.3 is 0 Å². The topological polar surface area (TPSA) is 3.24 Å². The van der Waals surface area contributed by atoms with E-state index in [4.69, 9.17) is 2.74 Å². The van der Waals surface area contributed by atoms with Crippen LogP contribution < -0.4 is 4.90 Å². The van der Waals surface area contributed by atoms with Crippen LogP contribution in [-0.2, 0) is 0 Å². The van der Waals surface area contributed by atoms with Gasteiger partial charge in [0.1, 0.15) is 0 Å². The second kappa shape index (κ2) is 12.7. The van der Waals surface area contributed by atoms with Crippen molar-refractivity contribution in [2.45, 2.75) is 0 Å². The third-order valence-corrected chi connectivity index (χ3v) is 8.24. The number of hydrogen-bond donors (Lipinski definition) is 0. The van der Waals surface area contributed by atoms with E-state index in [0.717, 1.165) is 33.0 Å². The zero-order valence-corrected chi connectivity index (χ0v) is 25.4. The molecule has 0 bridgehead atoms. The Labute approximate surface area is 287 Å². The number of hydrogen-bond acceptors (Lipinski definition) is 1. The third-order valence-electron chi connectivity index (χ3n) is 8.24. The maximum Gasteiger partial charge on any atom is 0.0651 e. The van der Waals surface area contributed by atoms with E-state index in [1.54, 1.807) is 30.3 Å². The number of rotatable bonds is 7. The van der Waals surface area contributed by atoms with Crippen molar-refractivity contribution in [2.75, 3.05) is 4.90 Å². The van der Waals surface area contributed by atoms with Crippen LogP contribution in [0.15, 0.2) is 200 Å². The monoisotopic (exact) mass is 607 g/mol. The van der Waals surface area contributed by atoms with Crippen LogP contribution in [0.5, 0.6) is 0 Å². The molecule has 0 radical (unpaired) electrons. The van der Waals surface area contributed by atoms with E-state index >= 15 is 0 Å². The molecule has 1 nitrogen and oxygen atoms in total. The summed E-state index contributed by atoms with van der Waals surface area (Å²) in [5.74, 6) is 0. The van der Waals surface area contributed by atoms with E-state index in [0.29, 0.717) is 16.8 Å². The Bertz CT molecular complexity index is 2680. The van der Waals surface area contributed by atoms with Crippen molar-refractivity contribution < 1.29 is 11.0 Å². The Kier molecular flexibility index (Phi) is 5.60. The standard InChI is InChI=1S/C46H33N/c1-3-11-34(12-4-1)36-21-23-37(24-22-36)39-27-31-43(32-28-39)47(42-29-25-38(26-30-42)35-13-5-2-6-14-35)44-18-9-17-41(33-44)46-20-10-16-40-15-7-8-19-45(40)46/h1-33H/i9D,17D,18D,27D,28D,31D,32D,33D. The highest BCUT2D eigenvalue weighted by Gasteiger charge is 2.15. The van der Waals surface area contributed by atoms with E-state index in [-0.39, 0.29) is 58.8 Å². The largest absolute Gasteiger partial charge is 0.310 e. The predicted molar refractivity (Wildman–Crippen MR) is 200 cm³/mol. The lowest BCUT2D eigenvalue weighted by atomic mass is 9.97. The summed E-state index contributed by atoms with van der Waals surface area (Å²) in [5, 5.41) is 1.64. The lowest BCUT2D eigenvalue weighted by molar-refractivity contribution is 1.28. The highest BCUT2D eigenvalue weighted by Crippen LogP contribution is 2.39. The van der Waals surface area contributed by atoms with Crippen LogP contribution in [0.25, 0.3) is 55.3 Å². The van der Waals surface area contributed by atoms with Crippen LogP contribution in [0.3, 0.4) is 0 Å². The molecule has 0 aliphatic carbocycles. The van der Waals surface area contributed by atoms with Crippen LogP contribution in [0.4, 0.5) is 17.1 Å². The Hall–Kier alpha value is -6.18. The van der Waals surface area contributed by atoms with E-state index in [9.17, 15) is 8.22 Å². The van der Waals surface area contributed by atoms with Crippen LogP contribution in [0.2, 0.25) is 0 Å². The summed E-state index contributed by atoms with van der Waals surface area (Å²) in [6.45, 7) is 0. The zero-order valence-electron chi connectivity index (χ0n) is 33.4. The van der Waals surface area contributed by atoms with Crippen LogP contribution in [0, 0.1) is 0 Å². The first-order valence-electron chi connectivity index (χ1n) is 19.5. The summed E-state index contributed by atoms with van der Waals surface area (Å²) in [4.78, 5) is 1.38. The molecular formula is C46H33N. The van der Waals surface area contributed by atoms with Gasteiger partial charge in [-0.3, -0.25) is 0 Å². The summed E-state index contributed by atoms with van der Waals surface area (Å²) in [7, 11) is 0. The fraction of sp³-hybridized carbons (Fsp3) is 0. The Morgan fingerprint density at radius 1 is 0.340 bits per heavy atom. The molecule has 1 heteroatoms. The molecule has 0 N–H and O–H groups in total. The number of benzene rings is 8. The molecule has 0 aliphatic rings. The summed E-state index contributed by atoms with van der Waals surface area (Å²) in [6.07, 6.45) is 0. The molecule has 0 heterocycles. The van der Waals surface area contributed by atoms with Crippen molar-refractivity contribution in [1.82, 2.24) is 0 Å². The predicted octanol–water partition coefficient (Wildman–Crippen LogP) is 13.0. The minimum atomic E-state index is -0.441. The average molecular weight is 608 g/mol. The van der Waals surface area contributed by atoms with Gasteiger partial charge in [0.15, 0.2) is 0 Å². The Balaban J connectivity index is 1.37. The highest BCUT2D eigenvalue weighted by atomic mass is 15.1. The summed E-state index contributed by atoms with van der Waals surface area (Å²) >= 11 is 0. The second-order valence-electron chi connectivity index (χ2n) is 11.2. The molecule has 0 spiro atoms. The van der Waals surface area contributed by atoms with Crippen molar-refractivity contribution in [3.63, 3.8) is 0 Å². The van der Waals surface area contributed by atoms with Crippen molar-refractivity contribution in [2.24, 2.45) is 0 Å². The summed E-state index contributed by atoms with van der Waals surface area (Å²) < 4.78 is 74.3. The zero-order chi connectivity index (χ0) is 38.4. The minimum absolute atomic E-state index is 0.120. The minimum Gasteiger partial charge on any atom is -0.310 e. The number of anilines is 3. The van der Waals surface area contributed by atoms with Crippen molar-refractivity contribution in [1.29, 1.82) is 0 Å². The van der Waals surface area contributed by atoms with Gasteiger partial charge < -0.3 is 4.90 Å². The summed E-state index contributed by atoms with van der Waals surface area (Å²) in [6, 6.07) is 44.5. The SMILES string of the molecule is [2H]c1c([2H])c(-c2cccc3ccccc23)c([2H])c(N(c2ccc(-c3ccccc3)cc2)c2c([2H])c([2H])c(-c3ccc(-c4ccccc4)cc3)c([2H])c2[2H])c1[2H]. The summed E-state index contributed by atoms with van der Waals surface area (Å²) in [5.41, 5.74) is 5.15. The molecule has 0 aromatic heterocycles. The Morgan fingerprint density at radius 3 is 1.53 bits per heavy atom. The molecule has 0 amide bonds. The van der Waals surface area contributed by atoms with Gasteiger partial charge in [-0.2, -0.15) is 0 Å². The van der Waals surface area contributed by atoms with Gasteiger partial charge in [0.2, 0.25) is 0 Å². The van der Waals surface area contributed by atoms with Crippen LogP contribution in [-0.4, -0.2) is 0 Å². The molecule has 47 heavy (non-hydrogen) atoms. The number of nitrogens with zero attached hydrogens (tertiary/aromatic N) is 1. The smallest absolute Gasteiger partial charge is 0.0651 e. The first kappa shape index (κ1) is 20.8. The van der Waals surface area contributed by atoms with Crippen LogP contribution >= 0.6 is 0 Å². The van der Waals surface area contributed by atoms with Gasteiger partial charge in [-0.15, -0.1) is 0 Å². The van der Waals surface area contributed by atoms with Gasteiger partial charge in [-0.1, -0.05) is 164 Å². The molecule has 0 fully saturated rings. The lowest BCUT2D eigenvalue weighted by Gasteiger charge is -2.26. The number of fused-ring (bicyclic) bond motifs is 1. The van der Waals surface area contributed by atoms with Crippen molar-refractivity contribution >= 4 is 27.8 Å². The molecule has 8 rings (SSSR count). The van der Waals surface area contributed by atoms with Crippen molar-refractivity contribution in [3.05, 3.63) is 200 Å². The van der Waals surface area contributed by atoms with E-state index in [2.05, 4.69) is 0 Å². The molecule has 8 aromatic carbocycles. The first-order chi connectivity index (χ1) is 26.7. The molecule has 222 valence electrons. The second-order valence-corrected chi connectivity index (χ2v) is 11.2. The quantitative estimate of drug-likeness (QED) is 0.174. The van der Waals surface area contributed by atoms with Crippen molar-refractivity contribution in [3.8, 4) is 44.5 Å². The van der Waals surface area contributed by atoms with Gasteiger partial charge in [0.05, 0.1) is 11.0 Å². The highest BCUT2D eigenvalue weighted by molar-refractivity contribution is 5.97. The fourth-order valence-electron chi connectivity index (χ4n) is 5.85. The van der Waals surface area contributed by atoms with E-state index in [1.807, 2.05) is 121 Å². The molecule has 0 saturated carbocycles. The van der Waals surface area contributed by atoms with Gasteiger partial charge in [-0.05, 0) is 91.6 Å². The Morgan fingerprint density at radius 2 is 0.872 bits per heavy atom. The van der Waals surface area contributed by atoms with Crippen LogP contribution in [0.1, 0.15) is 11.0 Å². The first-order valence-corrected chi connectivity index (χ1v) is 15.5. The molecule has 0 atom stereocenters. The van der Waals surface area contributed by atoms with Gasteiger partial charge in [-0.25, -0.2) is 0 Å². The molecule has 0 saturated heterocycles. The fourth-order valence-corrected chi connectivity index (χ4v) is 5.85. The maximum absolute atomic E-state index is 9.68. The maximum atomic E-state index is 9.68. The van der Waals surface area contributed by atoms with Gasteiger partial charge in [0.25, 0.3) is 0 Å². The molecule has 8 aromatic rings. The molecular weight excluding hydrogens is 567 g/mol. The van der Waals surface area contributed by atoms with E-state index < -0.39 is 12.1 Å². The normalized spacial score (nSPS) is 13.4. The molecule has 0 aliphatic heterocycles.